The van der Waals surface area contributed by atoms with Crippen LogP contribution in [-0.2, 0) is 0 Å². The number of rotatable bonds is 5. The van der Waals surface area contributed by atoms with Gasteiger partial charge in [0.1, 0.15) is 11.5 Å². The molecule has 5 heterocycles. The van der Waals surface area contributed by atoms with Gasteiger partial charge in [-0.2, -0.15) is 0 Å². The zero-order valence-corrected chi connectivity index (χ0v) is 31.5. The van der Waals surface area contributed by atoms with Crippen LogP contribution in [0.2, 0.25) is 0 Å². The lowest BCUT2D eigenvalue weighted by atomic mass is 9.97. The van der Waals surface area contributed by atoms with Crippen LogP contribution in [0.1, 0.15) is 0 Å². The number of benzene rings is 7. The molecule has 266 valence electrons. The first-order chi connectivity index (χ1) is 28.3. The van der Waals surface area contributed by atoms with Gasteiger partial charge in [0, 0.05) is 59.2 Å². The molecule has 12 rings (SSSR count). The molecule has 0 saturated heterocycles. The van der Waals surface area contributed by atoms with Crippen molar-refractivity contribution in [1.29, 1.82) is 0 Å². The number of thiophene rings is 1. The van der Waals surface area contributed by atoms with Crippen molar-refractivity contribution < 1.29 is 0 Å². The summed E-state index contributed by atoms with van der Waals surface area (Å²) < 4.78 is 7.25. The zero-order valence-electron chi connectivity index (χ0n) is 30.7. The van der Waals surface area contributed by atoms with E-state index in [0.717, 1.165) is 66.9 Å². The monoisotopic (exact) mass is 744 g/mol. The average Bonchev–Trinajstić information content (AvgIpc) is 3.94. The van der Waals surface area contributed by atoms with Gasteiger partial charge in [0.15, 0.2) is 0 Å². The van der Waals surface area contributed by atoms with Crippen LogP contribution in [0.4, 0.5) is 0 Å². The summed E-state index contributed by atoms with van der Waals surface area (Å²) in [6, 6.07) is 67.6. The van der Waals surface area contributed by atoms with Gasteiger partial charge in [0.05, 0.1) is 22.2 Å². The highest BCUT2D eigenvalue weighted by Gasteiger charge is 2.19. The maximum Gasteiger partial charge on any atom is 0.145 e. The Bertz CT molecular complexity index is 3480. The second-order valence-electron chi connectivity index (χ2n) is 14.6. The lowest BCUT2D eigenvalue weighted by molar-refractivity contribution is 1.08. The van der Waals surface area contributed by atoms with Gasteiger partial charge in [-0.1, -0.05) is 121 Å². The standard InChI is InChI=1S/C52H32N4S/c1-2-13-33(14-3-1)45-30-36(34-15-10-16-35(29-34)38-20-11-21-42-41-19-6-9-25-49(41)57-51(38)42)31-50(54-45)56-47-24-8-5-18-40(47)44-32-37(26-27-48(44)56)55-46-23-7-4-17-39(46)43-22-12-28-53-52(43)55/h1-32H. The minimum atomic E-state index is 0.876. The van der Waals surface area contributed by atoms with Crippen molar-refractivity contribution in [3.8, 4) is 45.0 Å². The Balaban J connectivity index is 1.07. The van der Waals surface area contributed by atoms with Gasteiger partial charge in [-0.15, -0.1) is 11.3 Å². The van der Waals surface area contributed by atoms with Gasteiger partial charge in [-0.05, 0) is 89.0 Å². The van der Waals surface area contributed by atoms with Crippen molar-refractivity contribution in [1.82, 2.24) is 19.1 Å². The van der Waals surface area contributed by atoms with Crippen LogP contribution in [-0.4, -0.2) is 19.1 Å². The van der Waals surface area contributed by atoms with Crippen LogP contribution in [0.25, 0.3) is 109 Å². The fourth-order valence-corrected chi connectivity index (χ4v) is 10.0. The first kappa shape index (κ1) is 32.0. The lowest BCUT2D eigenvalue weighted by Crippen LogP contribution is -2.00. The summed E-state index contributed by atoms with van der Waals surface area (Å²) in [6.45, 7) is 0. The van der Waals surface area contributed by atoms with Gasteiger partial charge in [0.25, 0.3) is 0 Å². The Morgan fingerprint density at radius 2 is 1.07 bits per heavy atom. The summed E-state index contributed by atoms with van der Waals surface area (Å²) in [5.41, 5.74) is 12.1. The highest BCUT2D eigenvalue weighted by molar-refractivity contribution is 7.26. The van der Waals surface area contributed by atoms with E-state index in [-0.39, 0.29) is 0 Å². The predicted molar refractivity (Wildman–Crippen MR) is 240 cm³/mol. The molecule has 7 aromatic carbocycles. The molecule has 0 radical (unpaired) electrons. The molecule has 4 nitrogen and oxygen atoms in total. The Morgan fingerprint density at radius 1 is 0.404 bits per heavy atom. The Kier molecular flexibility index (Phi) is 7.06. The third-order valence-corrected chi connectivity index (χ3v) is 12.6. The van der Waals surface area contributed by atoms with Crippen LogP contribution < -0.4 is 0 Å². The van der Waals surface area contributed by atoms with E-state index in [1.54, 1.807) is 0 Å². The van der Waals surface area contributed by atoms with Gasteiger partial charge in [-0.25, -0.2) is 9.97 Å². The molecule has 0 fully saturated rings. The minimum Gasteiger partial charge on any atom is -0.294 e. The van der Waals surface area contributed by atoms with E-state index in [2.05, 4.69) is 191 Å². The topological polar surface area (TPSA) is 35.6 Å². The van der Waals surface area contributed by atoms with E-state index in [1.807, 2.05) is 23.6 Å². The number of hydrogen-bond donors (Lipinski definition) is 0. The van der Waals surface area contributed by atoms with Gasteiger partial charge in [-0.3, -0.25) is 9.13 Å². The number of fused-ring (bicyclic) bond motifs is 9. The smallest absolute Gasteiger partial charge is 0.145 e. The van der Waals surface area contributed by atoms with Gasteiger partial charge in [0.2, 0.25) is 0 Å². The SMILES string of the molecule is c1ccc(-c2cc(-c3cccc(-c4cccc5c4sc4ccccc45)c3)cc(-n3c4ccccc4c4cc(-n5c6ccccc6c6cccnc65)ccc43)n2)cc1. The summed E-state index contributed by atoms with van der Waals surface area (Å²) in [6.07, 6.45) is 1.88. The largest absolute Gasteiger partial charge is 0.294 e. The Morgan fingerprint density at radius 3 is 1.95 bits per heavy atom. The molecule has 12 aromatic rings. The minimum absolute atomic E-state index is 0.876. The third kappa shape index (κ3) is 4.99. The second kappa shape index (κ2) is 12.6. The number of hydrogen-bond acceptors (Lipinski definition) is 3. The quantitative estimate of drug-likeness (QED) is 0.176. The van der Waals surface area contributed by atoms with Crippen molar-refractivity contribution in [2.45, 2.75) is 0 Å². The average molecular weight is 745 g/mol. The summed E-state index contributed by atoms with van der Waals surface area (Å²) in [5.74, 6) is 0.876. The summed E-state index contributed by atoms with van der Waals surface area (Å²) in [4.78, 5) is 10.3. The molecule has 0 aliphatic heterocycles. The molecule has 0 amide bonds. The van der Waals surface area contributed by atoms with Crippen molar-refractivity contribution in [3.63, 3.8) is 0 Å². The third-order valence-electron chi connectivity index (χ3n) is 11.4. The summed E-state index contributed by atoms with van der Waals surface area (Å²) in [7, 11) is 0. The maximum absolute atomic E-state index is 5.42. The molecule has 0 atom stereocenters. The van der Waals surface area contributed by atoms with E-state index in [9.17, 15) is 0 Å². The molecule has 57 heavy (non-hydrogen) atoms. The highest BCUT2D eigenvalue weighted by atomic mass is 32.1. The Hall–Kier alpha value is -7.34. The first-order valence-corrected chi connectivity index (χ1v) is 20.1. The molecule has 0 N–H and O–H groups in total. The molecule has 0 saturated carbocycles. The summed E-state index contributed by atoms with van der Waals surface area (Å²) >= 11 is 1.87. The molecule has 0 spiro atoms. The van der Waals surface area contributed by atoms with E-state index >= 15 is 0 Å². The van der Waals surface area contributed by atoms with Crippen LogP contribution in [0.5, 0.6) is 0 Å². The first-order valence-electron chi connectivity index (χ1n) is 19.2. The van der Waals surface area contributed by atoms with Crippen molar-refractivity contribution in [3.05, 3.63) is 194 Å². The zero-order chi connectivity index (χ0) is 37.5. The predicted octanol–water partition coefficient (Wildman–Crippen LogP) is 14.0. The molecule has 0 aliphatic carbocycles. The molecule has 0 aliphatic rings. The van der Waals surface area contributed by atoms with Crippen LogP contribution >= 0.6 is 11.3 Å². The van der Waals surface area contributed by atoms with Crippen molar-refractivity contribution in [2.75, 3.05) is 0 Å². The van der Waals surface area contributed by atoms with Gasteiger partial charge >= 0.3 is 0 Å². The van der Waals surface area contributed by atoms with Crippen molar-refractivity contribution >= 4 is 75.3 Å². The van der Waals surface area contributed by atoms with E-state index in [0.29, 0.717) is 0 Å². The molecule has 5 heteroatoms. The normalized spacial score (nSPS) is 11.9. The van der Waals surface area contributed by atoms with Crippen LogP contribution in [0.3, 0.4) is 0 Å². The lowest BCUT2D eigenvalue weighted by Gasteiger charge is -2.14. The fourth-order valence-electron chi connectivity index (χ4n) is 8.80. The van der Waals surface area contributed by atoms with Gasteiger partial charge < -0.3 is 0 Å². The fraction of sp³-hybridized carbons (Fsp3) is 0. The van der Waals surface area contributed by atoms with Crippen molar-refractivity contribution in [2.24, 2.45) is 0 Å². The van der Waals surface area contributed by atoms with Crippen LogP contribution in [0, 0.1) is 0 Å². The molecule has 0 unspecified atom stereocenters. The number of pyridine rings is 2. The second-order valence-corrected chi connectivity index (χ2v) is 15.7. The van der Waals surface area contributed by atoms with E-state index in [1.165, 1.54) is 42.1 Å². The summed E-state index contributed by atoms with van der Waals surface area (Å²) in [5, 5.41) is 7.30. The molecular formula is C52H32N4S. The number of nitrogens with zero attached hydrogens (tertiary/aromatic N) is 4. The van der Waals surface area contributed by atoms with E-state index in [4.69, 9.17) is 9.97 Å². The molecule has 0 bridgehead atoms. The van der Waals surface area contributed by atoms with Crippen LogP contribution in [0.15, 0.2) is 194 Å². The highest BCUT2D eigenvalue weighted by Crippen LogP contribution is 2.42. The van der Waals surface area contributed by atoms with E-state index < -0.39 is 0 Å². The molecule has 5 aromatic heterocycles. The maximum atomic E-state index is 5.42. The number of para-hydroxylation sites is 2. The number of aromatic nitrogens is 4. The molecular weight excluding hydrogens is 713 g/mol. The Labute approximate surface area is 332 Å².